The van der Waals surface area contributed by atoms with Gasteiger partial charge in [0.2, 0.25) is 0 Å². The third-order valence-corrected chi connectivity index (χ3v) is 3.22. The van der Waals surface area contributed by atoms with Crippen molar-refractivity contribution >= 4 is 11.9 Å². The van der Waals surface area contributed by atoms with Gasteiger partial charge in [0.1, 0.15) is 5.69 Å². The third-order valence-electron chi connectivity index (χ3n) is 3.22. The molecule has 0 bridgehead atoms. The van der Waals surface area contributed by atoms with Gasteiger partial charge < -0.3 is 20.1 Å². The summed E-state index contributed by atoms with van der Waals surface area (Å²) in [7, 11) is 0. The van der Waals surface area contributed by atoms with Crippen LogP contribution in [0.1, 0.15) is 35.8 Å². The highest BCUT2D eigenvalue weighted by Gasteiger charge is 2.23. The van der Waals surface area contributed by atoms with E-state index in [4.69, 9.17) is 10.2 Å². The Bertz CT molecular complexity index is 451. The summed E-state index contributed by atoms with van der Waals surface area (Å²) in [6, 6.07) is 3.85. The number of carbonyl (C=O) groups is 2. The van der Waals surface area contributed by atoms with E-state index in [1.54, 1.807) is 12.1 Å². The number of carboxylic acid groups (broad SMARTS) is 1. The number of aliphatic hydroxyl groups excluding tert-OH is 1. The number of hydrogen-bond acceptors (Lipinski definition) is 3. The molecule has 1 fully saturated rings. The highest BCUT2D eigenvalue weighted by atomic mass is 16.4. The summed E-state index contributed by atoms with van der Waals surface area (Å²) in [6.45, 7) is -0.288. The summed E-state index contributed by atoms with van der Waals surface area (Å²) in [4.78, 5) is 22.3. The number of carboxylic acids is 1. The Kier molecular flexibility index (Phi) is 3.66. The lowest BCUT2D eigenvalue weighted by Gasteiger charge is -2.28. The molecule has 1 heterocycles. The number of nitrogens with one attached hydrogen (secondary N) is 1. The van der Waals surface area contributed by atoms with Crippen LogP contribution in [0.3, 0.4) is 0 Å². The number of aliphatic hydroxyl groups is 1. The van der Waals surface area contributed by atoms with Crippen molar-refractivity contribution in [3.63, 3.8) is 0 Å². The van der Waals surface area contributed by atoms with Crippen LogP contribution in [0.15, 0.2) is 18.3 Å². The zero-order chi connectivity index (χ0) is 13.1. The fraction of sp³-hybridized carbons (Fsp3) is 0.500. The molecular formula is C12H16N2O4. The first-order chi connectivity index (χ1) is 8.59. The first-order valence-electron chi connectivity index (χ1n) is 5.95. The Morgan fingerprint density at radius 2 is 2.22 bits per heavy atom. The fourth-order valence-corrected chi connectivity index (χ4v) is 1.94. The quantitative estimate of drug-likeness (QED) is 0.707. The van der Waals surface area contributed by atoms with Crippen LogP contribution in [0, 0.1) is 0 Å². The molecule has 18 heavy (non-hydrogen) atoms. The summed E-state index contributed by atoms with van der Waals surface area (Å²) in [5.74, 6) is -1.70. The first-order valence-corrected chi connectivity index (χ1v) is 5.95. The maximum absolute atomic E-state index is 11.9. The molecule has 1 aliphatic rings. The normalized spacial score (nSPS) is 16.9. The molecule has 1 atom stereocenters. The van der Waals surface area contributed by atoms with Crippen molar-refractivity contribution in [2.24, 2.45) is 0 Å². The van der Waals surface area contributed by atoms with Crippen LogP contribution < -0.4 is 5.32 Å². The minimum absolute atomic E-state index is 0.288. The zero-order valence-corrected chi connectivity index (χ0v) is 9.87. The predicted octanol–water partition coefficient (Wildman–Crippen LogP) is 0.388. The number of hydrogen-bond donors (Lipinski definition) is 3. The fourth-order valence-electron chi connectivity index (χ4n) is 1.94. The van der Waals surface area contributed by atoms with Crippen LogP contribution in [0.25, 0.3) is 0 Å². The Morgan fingerprint density at radius 1 is 1.50 bits per heavy atom. The molecule has 98 valence electrons. The number of aliphatic carboxylic acids is 1. The summed E-state index contributed by atoms with van der Waals surface area (Å²) >= 11 is 0. The van der Waals surface area contributed by atoms with Gasteiger partial charge in [-0.05, 0) is 31.4 Å². The van der Waals surface area contributed by atoms with Crippen LogP contribution in [0.5, 0.6) is 0 Å². The van der Waals surface area contributed by atoms with E-state index in [2.05, 4.69) is 5.32 Å². The molecule has 2 rings (SSSR count). The van der Waals surface area contributed by atoms with E-state index >= 15 is 0 Å². The van der Waals surface area contributed by atoms with Gasteiger partial charge in [-0.15, -0.1) is 0 Å². The van der Waals surface area contributed by atoms with Crippen molar-refractivity contribution < 1.29 is 19.8 Å². The van der Waals surface area contributed by atoms with E-state index in [1.807, 2.05) is 10.8 Å². The minimum Gasteiger partial charge on any atom is -0.479 e. The third kappa shape index (κ3) is 2.53. The lowest BCUT2D eigenvalue weighted by Crippen LogP contribution is -2.37. The molecule has 3 N–H and O–H groups in total. The largest absolute Gasteiger partial charge is 0.479 e. The lowest BCUT2D eigenvalue weighted by molar-refractivity contribution is -0.146. The molecular weight excluding hydrogens is 236 g/mol. The van der Waals surface area contributed by atoms with Gasteiger partial charge in [0.15, 0.2) is 6.10 Å². The molecule has 0 radical (unpaired) electrons. The van der Waals surface area contributed by atoms with Crippen molar-refractivity contribution in [1.29, 1.82) is 0 Å². The second-order valence-electron chi connectivity index (χ2n) is 4.45. The first kappa shape index (κ1) is 12.6. The molecule has 1 aliphatic carbocycles. The monoisotopic (exact) mass is 252 g/mol. The Balaban J connectivity index is 1.96. The van der Waals surface area contributed by atoms with Crippen LogP contribution >= 0.6 is 0 Å². The van der Waals surface area contributed by atoms with E-state index in [9.17, 15) is 9.59 Å². The summed E-state index contributed by atoms with van der Waals surface area (Å²) < 4.78 is 1.91. The van der Waals surface area contributed by atoms with Gasteiger partial charge in [0.05, 0.1) is 6.54 Å². The van der Waals surface area contributed by atoms with Crippen molar-refractivity contribution in [3.8, 4) is 0 Å². The predicted molar refractivity (Wildman–Crippen MR) is 63.3 cm³/mol. The average molecular weight is 252 g/mol. The van der Waals surface area contributed by atoms with Gasteiger partial charge in [-0.2, -0.15) is 0 Å². The molecule has 6 heteroatoms. The van der Waals surface area contributed by atoms with Gasteiger partial charge in [0.25, 0.3) is 5.91 Å². The summed E-state index contributed by atoms with van der Waals surface area (Å²) in [5.41, 5.74) is 0.511. The second-order valence-corrected chi connectivity index (χ2v) is 4.45. The van der Waals surface area contributed by atoms with Gasteiger partial charge >= 0.3 is 5.97 Å². The molecule has 0 saturated heterocycles. The van der Waals surface area contributed by atoms with Crippen LogP contribution in [0.2, 0.25) is 0 Å². The molecule has 1 aromatic heterocycles. The molecule has 0 spiro atoms. The van der Waals surface area contributed by atoms with Crippen LogP contribution in [-0.4, -0.2) is 39.3 Å². The second kappa shape index (κ2) is 5.22. The summed E-state index contributed by atoms with van der Waals surface area (Å²) in [5, 5.41) is 20.0. The number of nitrogens with zero attached hydrogens (tertiary/aromatic N) is 1. The van der Waals surface area contributed by atoms with Crippen molar-refractivity contribution in [2.45, 2.75) is 31.4 Å². The molecule has 0 aliphatic heterocycles. The van der Waals surface area contributed by atoms with Crippen LogP contribution in [-0.2, 0) is 4.79 Å². The van der Waals surface area contributed by atoms with Crippen molar-refractivity contribution in [1.82, 2.24) is 9.88 Å². The van der Waals surface area contributed by atoms with Gasteiger partial charge in [-0.25, -0.2) is 4.79 Å². The smallest absolute Gasteiger partial charge is 0.334 e. The highest BCUT2D eigenvalue weighted by molar-refractivity contribution is 5.93. The van der Waals surface area contributed by atoms with Gasteiger partial charge in [-0.3, -0.25) is 4.79 Å². The Labute approximate surface area is 104 Å². The number of carbonyl (C=O) groups excluding carboxylic acids is 1. The van der Waals surface area contributed by atoms with E-state index in [0.29, 0.717) is 11.7 Å². The lowest BCUT2D eigenvalue weighted by atomic mass is 9.93. The van der Waals surface area contributed by atoms with E-state index < -0.39 is 12.1 Å². The maximum Gasteiger partial charge on any atom is 0.334 e. The zero-order valence-electron chi connectivity index (χ0n) is 9.87. The summed E-state index contributed by atoms with van der Waals surface area (Å²) in [6.07, 6.45) is 3.58. The van der Waals surface area contributed by atoms with Crippen LogP contribution in [0.4, 0.5) is 0 Å². The molecule has 0 aromatic carbocycles. The minimum atomic E-state index is -1.57. The molecule has 1 saturated carbocycles. The van der Waals surface area contributed by atoms with Gasteiger partial charge in [0, 0.05) is 12.2 Å². The SMILES string of the molecule is O=C(NC[C@H](O)C(=O)O)c1cccn1C1CCC1. The number of amides is 1. The van der Waals surface area contributed by atoms with E-state index in [1.165, 1.54) is 6.42 Å². The van der Waals surface area contributed by atoms with E-state index in [-0.39, 0.29) is 12.5 Å². The number of aromatic nitrogens is 1. The Morgan fingerprint density at radius 3 is 2.78 bits per heavy atom. The highest BCUT2D eigenvalue weighted by Crippen LogP contribution is 2.32. The van der Waals surface area contributed by atoms with Crippen molar-refractivity contribution in [3.05, 3.63) is 24.0 Å². The standard InChI is InChI=1S/C12H16N2O4/c15-10(12(17)18)7-13-11(16)9-5-2-6-14(9)8-3-1-4-8/h2,5-6,8,10,15H,1,3-4,7H2,(H,13,16)(H,17,18)/t10-/m0/s1. The Hall–Kier alpha value is -1.82. The topological polar surface area (TPSA) is 91.6 Å². The molecule has 1 aromatic rings. The van der Waals surface area contributed by atoms with Gasteiger partial charge in [-0.1, -0.05) is 0 Å². The number of rotatable bonds is 5. The molecule has 0 unspecified atom stereocenters. The average Bonchev–Trinajstić information content (AvgIpc) is 2.71. The van der Waals surface area contributed by atoms with E-state index in [0.717, 1.165) is 12.8 Å². The van der Waals surface area contributed by atoms with Crippen molar-refractivity contribution in [2.75, 3.05) is 6.54 Å². The molecule has 6 nitrogen and oxygen atoms in total. The molecule has 1 amide bonds. The maximum atomic E-state index is 11.9.